The number of likely N-dealkylation sites (N-methyl/N-ethyl adjacent to an activating group) is 1. The molecule has 1 aromatic rings. The van der Waals surface area contributed by atoms with E-state index in [4.69, 9.17) is 0 Å². The Morgan fingerprint density at radius 3 is 2.59 bits per heavy atom. The summed E-state index contributed by atoms with van der Waals surface area (Å²) in [5.41, 5.74) is 1.21. The third-order valence-corrected chi connectivity index (χ3v) is 4.55. The standard InChI is InChI=1S/C14H21BrFN/c1-5-14(2,3)12(17-4)9-10-7-6-8-11(16)13(10)15/h6-8,12,17H,5,9H2,1-4H3. The van der Waals surface area contributed by atoms with Crippen LogP contribution < -0.4 is 5.32 Å². The predicted octanol–water partition coefficient (Wildman–Crippen LogP) is 4.15. The lowest BCUT2D eigenvalue weighted by molar-refractivity contribution is 0.240. The molecule has 1 aromatic carbocycles. The van der Waals surface area contributed by atoms with E-state index in [1.54, 1.807) is 6.07 Å². The van der Waals surface area contributed by atoms with Crippen molar-refractivity contribution in [2.75, 3.05) is 7.05 Å². The van der Waals surface area contributed by atoms with Gasteiger partial charge in [-0.2, -0.15) is 0 Å². The highest BCUT2D eigenvalue weighted by Gasteiger charge is 2.27. The van der Waals surface area contributed by atoms with Gasteiger partial charge in [0.15, 0.2) is 0 Å². The molecule has 1 rings (SSSR count). The number of nitrogens with one attached hydrogen (secondary N) is 1. The van der Waals surface area contributed by atoms with Crippen LogP contribution in [0.25, 0.3) is 0 Å². The fourth-order valence-corrected chi connectivity index (χ4v) is 2.37. The molecule has 0 saturated heterocycles. The van der Waals surface area contributed by atoms with Gasteiger partial charge in [-0.05, 0) is 52.9 Å². The molecule has 0 aliphatic rings. The maximum atomic E-state index is 13.4. The average molecular weight is 302 g/mol. The first-order valence-corrected chi connectivity index (χ1v) is 6.81. The molecule has 0 radical (unpaired) electrons. The summed E-state index contributed by atoms with van der Waals surface area (Å²) in [4.78, 5) is 0. The van der Waals surface area contributed by atoms with Crippen LogP contribution in [0.2, 0.25) is 0 Å². The van der Waals surface area contributed by atoms with Gasteiger partial charge in [0.05, 0.1) is 4.47 Å². The van der Waals surface area contributed by atoms with E-state index in [9.17, 15) is 4.39 Å². The molecule has 1 nitrogen and oxygen atoms in total. The van der Waals surface area contributed by atoms with Gasteiger partial charge in [-0.25, -0.2) is 4.39 Å². The monoisotopic (exact) mass is 301 g/mol. The Labute approximate surface area is 112 Å². The second-order valence-corrected chi connectivity index (χ2v) is 5.89. The summed E-state index contributed by atoms with van der Waals surface area (Å²) in [6.07, 6.45) is 1.92. The molecule has 17 heavy (non-hydrogen) atoms. The van der Waals surface area contributed by atoms with Gasteiger partial charge in [0, 0.05) is 6.04 Å². The zero-order chi connectivity index (χ0) is 13.1. The van der Waals surface area contributed by atoms with E-state index in [-0.39, 0.29) is 11.2 Å². The van der Waals surface area contributed by atoms with Gasteiger partial charge in [-0.1, -0.05) is 32.9 Å². The Balaban J connectivity index is 2.92. The Hall–Kier alpha value is -0.410. The van der Waals surface area contributed by atoms with E-state index in [0.29, 0.717) is 10.5 Å². The van der Waals surface area contributed by atoms with Gasteiger partial charge in [0.1, 0.15) is 5.82 Å². The van der Waals surface area contributed by atoms with Crippen LogP contribution in [0.15, 0.2) is 22.7 Å². The summed E-state index contributed by atoms with van der Waals surface area (Å²) in [6.45, 7) is 6.66. The van der Waals surface area contributed by atoms with Crippen molar-refractivity contribution in [3.8, 4) is 0 Å². The summed E-state index contributed by atoms with van der Waals surface area (Å²) in [5.74, 6) is -0.188. The van der Waals surface area contributed by atoms with E-state index < -0.39 is 0 Å². The molecular formula is C14H21BrFN. The maximum Gasteiger partial charge on any atom is 0.137 e. The first kappa shape index (κ1) is 14.7. The number of halogens is 2. The molecule has 1 unspecified atom stereocenters. The Morgan fingerprint density at radius 2 is 2.06 bits per heavy atom. The molecule has 0 aliphatic heterocycles. The van der Waals surface area contributed by atoms with E-state index in [2.05, 4.69) is 42.0 Å². The number of benzene rings is 1. The van der Waals surface area contributed by atoms with Crippen LogP contribution in [0.4, 0.5) is 4.39 Å². The van der Waals surface area contributed by atoms with Crippen LogP contribution in [0.3, 0.4) is 0 Å². The first-order chi connectivity index (χ1) is 7.92. The SMILES string of the molecule is CCC(C)(C)C(Cc1cccc(F)c1Br)NC. The Kier molecular flexibility index (Phi) is 5.14. The van der Waals surface area contributed by atoms with Gasteiger partial charge < -0.3 is 5.32 Å². The summed E-state index contributed by atoms with van der Waals surface area (Å²) in [6, 6.07) is 5.56. The lowest BCUT2D eigenvalue weighted by Crippen LogP contribution is -2.41. The van der Waals surface area contributed by atoms with Gasteiger partial charge >= 0.3 is 0 Å². The molecule has 1 atom stereocenters. The third kappa shape index (κ3) is 3.52. The second kappa shape index (κ2) is 5.96. The highest BCUT2D eigenvalue weighted by Crippen LogP contribution is 2.29. The number of hydrogen-bond donors (Lipinski definition) is 1. The van der Waals surface area contributed by atoms with Crippen molar-refractivity contribution in [3.63, 3.8) is 0 Å². The van der Waals surface area contributed by atoms with E-state index in [1.807, 2.05) is 13.1 Å². The summed E-state index contributed by atoms with van der Waals surface area (Å²) in [7, 11) is 1.97. The van der Waals surface area contributed by atoms with Crippen LogP contribution in [-0.4, -0.2) is 13.1 Å². The molecule has 0 fully saturated rings. The van der Waals surface area contributed by atoms with Crippen LogP contribution in [-0.2, 0) is 6.42 Å². The minimum absolute atomic E-state index is 0.188. The Morgan fingerprint density at radius 1 is 1.41 bits per heavy atom. The molecule has 0 spiro atoms. The van der Waals surface area contributed by atoms with Crippen LogP contribution in [0, 0.1) is 11.2 Å². The van der Waals surface area contributed by atoms with Gasteiger partial charge in [-0.3, -0.25) is 0 Å². The lowest BCUT2D eigenvalue weighted by Gasteiger charge is -2.33. The molecule has 0 amide bonds. The highest BCUT2D eigenvalue weighted by atomic mass is 79.9. The van der Waals surface area contributed by atoms with Crippen molar-refractivity contribution < 1.29 is 4.39 Å². The molecule has 96 valence electrons. The molecule has 1 N–H and O–H groups in total. The van der Waals surface area contributed by atoms with Crippen molar-refractivity contribution in [2.24, 2.45) is 5.41 Å². The van der Waals surface area contributed by atoms with Gasteiger partial charge in [0.2, 0.25) is 0 Å². The van der Waals surface area contributed by atoms with Crippen molar-refractivity contribution in [1.82, 2.24) is 5.32 Å². The highest BCUT2D eigenvalue weighted by molar-refractivity contribution is 9.10. The molecule has 0 heterocycles. The quantitative estimate of drug-likeness (QED) is 0.861. The van der Waals surface area contributed by atoms with Crippen molar-refractivity contribution in [2.45, 2.75) is 39.7 Å². The number of hydrogen-bond acceptors (Lipinski definition) is 1. The molecule has 0 aliphatic carbocycles. The molecule has 0 saturated carbocycles. The topological polar surface area (TPSA) is 12.0 Å². The van der Waals surface area contributed by atoms with Crippen LogP contribution in [0.1, 0.15) is 32.8 Å². The average Bonchev–Trinajstić information content (AvgIpc) is 2.30. The molecule has 0 aromatic heterocycles. The van der Waals surface area contributed by atoms with E-state index in [0.717, 1.165) is 18.4 Å². The summed E-state index contributed by atoms with van der Waals surface area (Å²) in [5, 5.41) is 3.35. The summed E-state index contributed by atoms with van der Waals surface area (Å²) >= 11 is 3.32. The third-order valence-electron chi connectivity index (χ3n) is 3.66. The fraction of sp³-hybridized carbons (Fsp3) is 0.571. The molecule has 3 heteroatoms. The van der Waals surface area contributed by atoms with Crippen molar-refractivity contribution in [1.29, 1.82) is 0 Å². The fourth-order valence-electron chi connectivity index (χ4n) is 1.94. The smallest absolute Gasteiger partial charge is 0.137 e. The maximum absolute atomic E-state index is 13.4. The zero-order valence-electron chi connectivity index (χ0n) is 11.0. The molecular weight excluding hydrogens is 281 g/mol. The lowest BCUT2D eigenvalue weighted by atomic mass is 9.79. The minimum Gasteiger partial charge on any atom is -0.316 e. The normalized spacial score (nSPS) is 13.8. The van der Waals surface area contributed by atoms with Gasteiger partial charge in [0.25, 0.3) is 0 Å². The first-order valence-electron chi connectivity index (χ1n) is 6.02. The zero-order valence-corrected chi connectivity index (χ0v) is 12.6. The van der Waals surface area contributed by atoms with E-state index in [1.165, 1.54) is 6.07 Å². The van der Waals surface area contributed by atoms with Crippen molar-refractivity contribution in [3.05, 3.63) is 34.1 Å². The predicted molar refractivity (Wildman–Crippen MR) is 74.7 cm³/mol. The number of rotatable bonds is 5. The van der Waals surface area contributed by atoms with E-state index >= 15 is 0 Å². The summed E-state index contributed by atoms with van der Waals surface area (Å²) < 4.78 is 14.0. The van der Waals surface area contributed by atoms with Crippen LogP contribution in [0.5, 0.6) is 0 Å². The van der Waals surface area contributed by atoms with Gasteiger partial charge in [-0.15, -0.1) is 0 Å². The van der Waals surface area contributed by atoms with Crippen LogP contribution >= 0.6 is 15.9 Å². The Bertz CT molecular complexity index is 376. The largest absolute Gasteiger partial charge is 0.316 e. The minimum atomic E-state index is -0.188. The molecule has 0 bridgehead atoms. The second-order valence-electron chi connectivity index (χ2n) is 5.10. The van der Waals surface area contributed by atoms with Crippen molar-refractivity contribution >= 4 is 15.9 Å².